The molecular weight excluding hydrogens is 250 g/mol. The molecule has 0 bridgehead atoms. The Balaban J connectivity index is 2.01. The van der Waals surface area contributed by atoms with Gasteiger partial charge in [-0.05, 0) is 58.2 Å². The molecule has 4 heteroatoms. The lowest BCUT2D eigenvalue weighted by Crippen LogP contribution is -2.47. The normalized spacial score (nSPS) is 33.0. The first kappa shape index (κ1) is 15.8. The van der Waals surface area contributed by atoms with E-state index in [4.69, 9.17) is 5.73 Å². The summed E-state index contributed by atoms with van der Waals surface area (Å²) < 4.78 is 0. The Morgan fingerprint density at radius 3 is 2.75 bits per heavy atom. The van der Waals surface area contributed by atoms with E-state index < -0.39 is 0 Å². The van der Waals surface area contributed by atoms with Crippen molar-refractivity contribution in [2.75, 3.05) is 33.2 Å². The second kappa shape index (κ2) is 7.41. The van der Waals surface area contributed by atoms with Gasteiger partial charge in [-0.2, -0.15) is 0 Å². The number of hydrogen-bond donors (Lipinski definition) is 1. The molecule has 20 heavy (non-hydrogen) atoms. The van der Waals surface area contributed by atoms with E-state index in [2.05, 4.69) is 23.8 Å². The summed E-state index contributed by atoms with van der Waals surface area (Å²) in [5.41, 5.74) is 5.81. The highest BCUT2D eigenvalue weighted by Crippen LogP contribution is 2.30. The predicted molar refractivity (Wildman–Crippen MR) is 82.4 cm³/mol. The van der Waals surface area contributed by atoms with E-state index in [0.717, 1.165) is 51.9 Å². The molecular formula is C16H31N3O. The van der Waals surface area contributed by atoms with Gasteiger partial charge in [-0.25, -0.2) is 0 Å². The Kier molecular flexibility index (Phi) is 5.85. The standard InChI is InChI=1S/C16H31N3O/c1-3-15-12-18(2)8-5-9-19(15)16(20)14-7-4-6-13(10-14)11-17/h13-15H,3-12,17H2,1-2H3. The summed E-state index contributed by atoms with van der Waals surface area (Å²) in [5, 5.41) is 0. The highest BCUT2D eigenvalue weighted by atomic mass is 16.2. The zero-order chi connectivity index (χ0) is 14.5. The van der Waals surface area contributed by atoms with E-state index in [0.29, 0.717) is 17.9 Å². The van der Waals surface area contributed by atoms with Crippen molar-refractivity contribution in [3.05, 3.63) is 0 Å². The minimum Gasteiger partial charge on any atom is -0.338 e. The third-order valence-electron chi connectivity index (χ3n) is 5.12. The molecule has 3 unspecified atom stereocenters. The molecule has 3 atom stereocenters. The van der Waals surface area contributed by atoms with Crippen molar-refractivity contribution < 1.29 is 4.79 Å². The fraction of sp³-hybridized carbons (Fsp3) is 0.938. The molecule has 2 aliphatic rings. The monoisotopic (exact) mass is 281 g/mol. The van der Waals surface area contributed by atoms with Crippen LogP contribution >= 0.6 is 0 Å². The maximum absolute atomic E-state index is 12.9. The van der Waals surface area contributed by atoms with Crippen molar-refractivity contribution in [2.45, 2.75) is 51.5 Å². The van der Waals surface area contributed by atoms with Crippen LogP contribution in [-0.4, -0.2) is 55.0 Å². The first-order valence-electron chi connectivity index (χ1n) is 8.34. The maximum Gasteiger partial charge on any atom is 0.225 e. The summed E-state index contributed by atoms with van der Waals surface area (Å²) in [7, 11) is 2.17. The molecule has 1 aliphatic heterocycles. The number of likely N-dealkylation sites (N-methyl/N-ethyl adjacent to an activating group) is 1. The highest BCUT2D eigenvalue weighted by molar-refractivity contribution is 5.79. The SMILES string of the molecule is CCC1CN(C)CCCN1C(=O)C1CCCC(CN)C1. The summed E-state index contributed by atoms with van der Waals surface area (Å²) in [6.07, 6.45) is 6.62. The van der Waals surface area contributed by atoms with Crippen molar-refractivity contribution in [3.63, 3.8) is 0 Å². The van der Waals surface area contributed by atoms with Gasteiger partial charge in [0, 0.05) is 25.0 Å². The number of carbonyl (C=O) groups is 1. The van der Waals surface area contributed by atoms with Gasteiger partial charge >= 0.3 is 0 Å². The molecule has 0 aromatic carbocycles. The molecule has 0 radical (unpaired) electrons. The zero-order valence-corrected chi connectivity index (χ0v) is 13.2. The van der Waals surface area contributed by atoms with Gasteiger partial charge in [0.2, 0.25) is 5.91 Å². The van der Waals surface area contributed by atoms with E-state index in [1.54, 1.807) is 0 Å². The number of amides is 1. The molecule has 1 saturated heterocycles. The van der Waals surface area contributed by atoms with Crippen LogP contribution in [0, 0.1) is 11.8 Å². The second-order valence-electron chi connectivity index (χ2n) is 6.67. The van der Waals surface area contributed by atoms with Crippen LogP contribution in [0.5, 0.6) is 0 Å². The van der Waals surface area contributed by atoms with Gasteiger partial charge in [-0.3, -0.25) is 4.79 Å². The van der Waals surface area contributed by atoms with Gasteiger partial charge in [-0.15, -0.1) is 0 Å². The first-order valence-corrected chi connectivity index (χ1v) is 8.34. The van der Waals surface area contributed by atoms with Gasteiger partial charge in [-0.1, -0.05) is 13.3 Å². The molecule has 1 aliphatic carbocycles. The molecule has 1 amide bonds. The van der Waals surface area contributed by atoms with Crippen molar-refractivity contribution in [2.24, 2.45) is 17.6 Å². The van der Waals surface area contributed by atoms with Crippen molar-refractivity contribution >= 4 is 5.91 Å². The van der Waals surface area contributed by atoms with Crippen LogP contribution in [0.3, 0.4) is 0 Å². The topological polar surface area (TPSA) is 49.6 Å². The lowest BCUT2D eigenvalue weighted by atomic mass is 9.80. The van der Waals surface area contributed by atoms with Crippen LogP contribution in [0.25, 0.3) is 0 Å². The fourth-order valence-electron chi connectivity index (χ4n) is 3.85. The lowest BCUT2D eigenvalue weighted by Gasteiger charge is -2.36. The average Bonchev–Trinajstić information content (AvgIpc) is 2.67. The summed E-state index contributed by atoms with van der Waals surface area (Å²) in [6.45, 7) is 6.01. The van der Waals surface area contributed by atoms with Crippen LogP contribution in [0.2, 0.25) is 0 Å². The van der Waals surface area contributed by atoms with E-state index in [1.165, 1.54) is 12.8 Å². The molecule has 0 spiro atoms. The smallest absolute Gasteiger partial charge is 0.225 e. The quantitative estimate of drug-likeness (QED) is 0.856. The Bertz CT molecular complexity index is 321. The van der Waals surface area contributed by atoms with E-state index in [-0.39, 0.29) is 5.92 Å². The predicted octanol–water partition coefficient (Wildman–Crippen LogP) is 1.69. The van der Waals surface area contributed by atoms with Crippen LogP contribution in [0.4, 0.5) is 0 Å². The Hall–Kier alpha value is -0.610. The summed E-state index contributed by atoms with van der Waals surface area (Å²) in [4.78, 5) is 17.5. The van der Waals surface area contributed by atoms with Gasteiger partial charge in [0.05, 0.1) is 0 Å². The number of carbonyl (C=O) groups excluding carboxylic acids is 1. The van der Waals surface area contributed by atoms with E-state index in [1.807, 2.05) is 0 Å². The number of hydrogen-bond acceptors (Lipinski definition) is 3. The molecule has 1 heterocycles. The molecule has 4 nitrogen and oxygen atoms in total. The molecule has 0 aromatic rings. The second-order valence-corrected chi connectivity index (χ2v) is 6.67. The van der Waals surface area contributed by atoms with E-state index in [9.17, 15) is 4.79 Å². The molecule has 2 fully saturated rings. The lowest BCUT2D eigenvalue weighted by molar-refractivity contribution is -0.139. The summed E-state index contributed by atoms with van der Waals surface area (Å²) in [6, 6.07) is 0.397. The van der Waals surface area contributed by atoms with E-state index >= 15 is 0 Å². The van der Waals surface area contributed by atoms with Gasteiger partial charge < -0.3 is 15.5 Å². The summed E-state index contributed by atoms with van der Waals surface area (Å²) in [5.74, 6) is 1.20. The number of rotatable bonds is 3. The minimum absolute atomic E-state index is 0.231. The minimum atomic E-state index is 0.231. The molecule has 0 aromatic heterocycles. The van der Waals surface area contributed by atoms with Crippen molar-refractivity contribution in [3.8, 4) is 0 Å². The maximum atomic E-state index is 12.9. The molecule has 116 valence electrons. The highest BCUT2D eigenvalue weighted by Gasteiger charge is 2.33. The fourth-order valence-corrected chi connectivity index (χ4v) is 3.85. The zero-order valence-electron chi connectivity index (χ0n) is 13.2. The van der Waals surface area contributed by atoms with Crippen LogP contribution in [-0.2, 0) is 4.79 Å². The molecule has 2 N–H and O–H groups in total. The first-order chi connectivity index (χ1) is 9.65. The van der Waals surface area contributed by atoms with Gasteiger partial charge in [0.25, 0.3) is 0 Å². The third-order valence-corrected chi connectivity index (χ3v) is 5.12. The van der Waals surface area contributed by atoms with Crippen LogP contribution in [0.15, 0.2) is 0 Å². The Morgan fingerprint density at radius 1 is 1.25 bits per heavy atom. The van der Waals surface area contributed by atoms with Crippen molar-refractivity contribution in [1.82, 2.24) is 9.80 Å². The van der Waals surface area contributed by atoms with Gasteiger partial charge in [0.15, 0.2) is 0 Å². The number of nitrogens with zero attached hydrogens (tertiary/aromatic N) is 2. The Labute approximate surface area is 123 Å². The largest absolute Gasteiger partial charge is 0.338 e. The van der Waals surface area contributed by atoms with Crippen LogP contribution in [0.1, 0.15) is 45.4 Å². The number of nitrogens with two attached hydrogens (primary N) is 1. The summed E-state index contributed by atoms with van der Waals surface area (Å²) >= 11 is 0. The third kappa shape index (κ3) is 3.73. The van der Waals surface area contributed by atoms with Crippen molar-refractivity contribution in [1.29, 1.82) is 0 Å². The van der Waals surface area contributed by atoms with Gasteiger partial charge in [0.1, 0.15) is 0 Å². The molecule has 2 rings (SSSR count). The Morgan fingerprint density at radius 2 is 2.05 bits per heavy atom. The average molecular weight is 281 g/mol. The van der Waals surface area contributed by atoms with Crippen LogP contribution < -0.4 is 5.73 Å². The molecule has 1 saturated carbocycles.